The number of benzene rings is 2. The van der Waals surface area contributed by atoms with Crippen molar-refractivity contribution < 1.29 is 52.8 Å². The molecule has 15 nitrogen and oxygen atoms in total. The fourth-order valence-corrected chi connectivity index (χ4v) is 6.19. The first-order valence-corrected chi connectivity index (χ1v) is 21.2. The molecule has 0 saturated heterocycles. The number of alkyl halides is 3. The van der Waals surface area contributed by atoms with Crippen molar-refractivity contribution in [2.24, 2.45) is 5.92 Å². The van der Waals surface area contributed by atoms with Gasteiger partial charge >= 0.3 is 24.2 Å². The van der Waals surface area contributed by atoms with Crippen LogP contribution in [0.3, 0.4) is 0 Å². The van der Waals surface area contributed by atoms with Crippen LogP contribution in [-0.4, -0.2) is 112 Å². The van der Waals surface area contributed by atoms with E-state index in [1.165, 1.54) is 6.08 Å². The Kier molecular flexibility index (Phi) is 19.8. The highest BCUT2D eigenvalue weighted by atomic mass is 35.6. The second-order valence-corrected chi connectivity index (χ2v) is 19.1. The third-order valence-corrected chi connectivity index (χ3v) is 9.18. The number of esters is 1. The van der Waals surface area contributed by atoms with Crippen LogP contribution < -0.4 is 20.7 Å². The molecule has 0 heterocycles. The molecule has 2 aromatic carbocycles. The maximum Gasteiger partial charge on any atom is 0.410 e. The summed E-state index contributed by atoms with van der Waals surface area (Å²) in [5.74, 6) is -1.05. The van der Waals surface area contributed by atoms with Gasteiger partial charge in [-0.15, -0.1) is 0 Å². The van der Waals surface area contributed by atoms with Crippen LogP contribution in [0.1, 0.15) is 90.1 Å². The molecule has 1 aliphatic carbocycles. The number of aliphatic hydroxyl groups excluding tert-OH is 1. The average Bonchev–Trinajstić information content (AvgIpc) is 3.16. The van der Waals surface area contributed by atoms with E-state index in [9.17, 15) is 29.1 Å². The summed E-state index contributed by atoms with van der Waals surface area (Å²) in [6, 6.07) is 13.9. The summed E-state index contributed by atoms with van der Waals surface area (Å²) in [7, 11) is 0. The van der Waals surface area contributed by atoms with E-state index in [2.05, 4.69) is 16.0 Å². The van der Waals surface area contributed by atoms with Crippen LogP contribution in [0, 0.1) is 5.92 Å². The largest absolute Gasteiger partial charge is 0.488 e. The van der Waals surface area contributed by atoms with E-state index < -0.39 is 76.1 Å². The number of nitrogens with zero attached hydrogens (tertiary/aromatic N) is 1. The Balaban J connectivity index is 1.58. The van der Waals surface area contributed by atoms with Gasteiger partial charge in [-0.1, -0.05) is 72.1 Å². The number of ether oxygens (including phenoxy) is 5. The molecule has 0 radical (unpaired) electrons. The van der Waals surface area contributed by atoms with Gasteiger partial charge in [-0.25, -0.2) is 19.2 Å². The summed E-state index contributed by atoms with van der Waals surface area (Å²) in [6.07, 6.45) is -0.138. The highest BCUT2D eigenvalue weighted by Crippen LogP contribution is 2.32. The van der Waals surface area contributed by atoms with E-state index in [4.69, 9.17) is 58.5 Å². The first kappa shape index (κ1) is 50.9. The first-order chi connectivity index (χ1) is 28.5. The van der Waals surface area contributed by atoms with Gasteiger partial charge in [0.2, 0.25) is 9.70 Å². The van der Waals surface area contributed by atoms with Crippen LogP contribution in [0.2, 0.25) is 0 Å². The number of aliphatic hydroxyl groups is 1. The number of amides is 4. The van der Waals surface area contributed by atoms with Crippen molar-refractivity contribution >= 4 is 71.0 Å². The summed E-state index contributed by atoms with van der Waals surface area (Å²) in [4.78, 5) is 65.0. The van der Waals surface area contributed by atoms with Crippen LogP contribution in [0.5, 0.6) is 5.75 Å². The SMILES string of the molecule is C[C@H]1CC(Oc2ccc(/C=C/C(=O)NCCCN(CCCCNC(=O)OC(C)(C)C)C(=O)OC(C)(C)C)cc2)[C@H](NC(=O)OCC(Cl)(Cl)Cl)[C@@H](OC(=O)c2ccccc2)[C@H]1O. The maximum absolute atomic E-state index is 13.1. The van der Waals surface area contributed by atoms with Gasteiger partial charge in [0.25, 0.3) is 0 Å². The lowest BCUT2D eigenvalue weighted by Crippen LogP contribution is -2.63. The molecule has 5 atom stereocenters. The van der Waals surface area contributed by atoms with Gasteiger partial charge in [-0.3, -0.25) is 4.79 Å². The van der Waals surface area contributed by atoms with E-state index in [1.807, 2.05) is 0 Å². The zero-order chi connectivity index (χ0) is 45.4. The van der Waals surface area contributed by atoms with Gasteiger partial charge in [0.15, 0.2) is 6.10 Å². The predicted octanol–water partition coefficient (Wildman–Crippen LogP) is 7.59. The van der Waals surface area contributed by atoms with E-state index >= 15 is 0 Å². The van der Waals surface area contributed by atoms with Crippen molar-refractivity contribution in [3.8, 4) is 5.75 Å². The van der Waals surface area contributed by atoms with Crippen LogP contribution in [0.25, 0.3) is 6.08 Å². The first-order valence-electron chi connectivity index (χ1n) is 20.1. The Morgan fingerprint density at radius 2 is 1.44 bits per heavy atom. The number of halogens is 3. The van der Waals surface area contributed by atoms with Crippen molar-refractivity contribution in [3.05, 3.63) is 71.8 Å². The molecule has 0 aromatic heterocycles. The average molecular weight is 914 g/mol. The minimum Gasteiger partial charge on any atom is -0.488 e. The Bertz CT molecular complexity index is 1760. The quantitative estimate of drug-likeness (QED) is 0.0402. The minimum atomic E-state index is -1.87. The van der Waals surface area contributed by atoms with Crippen molar-refractivity contribution in [3.63, 3.8) is 0 Å². The molecule has 0 aliphatic heterocycles. The van der Waals surface area contributed by atoms with E-state index in [1.54, 1.807) is 114 Å². The van der Waals surface area contributed by atoms with E-state index in [0.29, 0.717) is 56.8 Å². The number of rotatable bonds is 17. The topological polar surface area (TPSA) is 191 Å². The summed E-state index contributed by atoms with van der Waals surface area (Å²) in [5.41, 5.74) is -0.336. The number of hydrogen-bond acceptors (Lipinski definition) is 11. The maximum atomic E-state index is 13.1. The Hall–Kier alpha value is -4.44. The highest BCUT2D eigenvalue weighted by molar-refractivity contribution is 6.67. The van der Waals surface area contributed by atoms with E-state index in [0.717, 1.165) is 0 Å². The van der Waals surface area contributed by atoms with Crippen LogP contribution in [-0.2, 0) is 23.7 Å². The van der Waals surface area contributed by atoms with Gasteiger partial charge in [0, 0.05) is 32.3 Å². The van der Waals surface area contributed by atoms with Gasteiger partial charge in [-0.2, -0.15) is 0 Å². The molecule has 338 valence electrons. The summed E-state index contributed by atoms with van der Waals surface area (Å²) in [5, 5.41) is 19.3. The van der Waals surface area contributed by atoms with E-state index in [-0.39, 0.29) is 17.9 Å². The predicted molar refractivity (Wildman–Crippen MR) is 233 cm³/mol. The van der Waals surface area contributed by atoms with Crippen LogP contribution in [0.4, 0.5) is 14.4 Å². The molecule has 1 aliphatic rings. The zero-order valence-corrected chi connectivity index (χ0v) is 38.0. The van der Waals surface area contributed by atoms with Gasteiger partial charge in [0.05, 0.1) is 11.7 Å². The van der Waals surface area contributed by atoms with Gasteiger partial charge < -0.3 is 49.6 Å². The molecular formula is C43H59Cl3N4O11. The molecule has 1 fully saturated rings. The second kappa shape index (κ2) is 23.7. The lowest BCUT2D eigenvalue weighted by molar-refractivity contribution is -0.116. The number of hydrogen-bond donors (Lipinski definition) is 4. The molecule has 18 heteroatoms. The standard InChI is InChI=1S/C43H59Cl3N4O11/c1-28-26-32(34(49-39(55)57-27-43(44,45)46)36(35(28)52)59-37(53)30-14-9-8-10-15-30)58-31-19-16-29(17-20-31)18-21-33(51)47-23-13-25-50(40(56)61-42(5,6)7)24-12-11-22-48-38(54)60-41(2,3)4/h8-10,14-21,28,32,34-36,52H,11-13,22-27H2,1-7H3,(H,47,51)(H,48,54)(H,49,55)/b21-18+/t28-,32?,34-,35-,36+/m0/s1. The zero-order valence-electron chi connectivity index (χ0n) is 35.7. The Morgan fingerprint density at radius 1 is 0.820 bits per heavy atom. The lowest BCUT2D eigenvalue weighted by Gasteiger charge is -2.43. The van der Waals surface area contributed by atoms with Crippen LogP contribution >= 0.6 is 34.8 Å². The normalized spacial score (nSPS) is 19.3. The van der Waals surface area contributed by atoms with Crippen LogP contribution in [0.15, 0.2) is 60.7 Å². The number of carbonyl (C=O) groups excluding carboxylic acids is 5. The Morgan fingerprint density at radius 3 is 2.07 bits per heavy atom. The smallest absolute Gasteiger partial charge is 0.410 e. The molecule has 61 heavy (non-hydrogen) atoms. The molecule has 3 rings (SSSR count). The molecule has 0 spiro atoms. The lowest BCUT2D eigenvalue weighted by atomic mass is 9.80. The Labute approximate surface area is 373 Å². The number of alkyl carbamates (subject to hydrolysis) is 2. The molecule has 4 N–H and O–H groups in total. The highest BCUT2D eigenvalue weighted by Gasteiger charge is 2.47. The third-order valence-electron chi connectivity index (χ3n) is 8.86. The number of nitrogens with one attached hydrogen (secondary N) is 3. The molecule has 2 aromatic rings. The summed E-state index contributed by atoms with van der Waals surface area (Å²) >= 11 is 17.3. The summed E-state index contributed by atoms with van der Waals surface area (Å²) < 4.78 is 26.1. The fraction of sp³-hybridized carbons (Fsp3) is 0.558. The monoisotopic (exact) mass is 912 g/mol. The molecule has 4 amide bonds. The van der Waals surface area contributed by atoms with Crippen molar-refractivity contribution in [2.45, 2.75) is 113 Å². The molecular weight excluding hydrogens is 855 g/mol. The number of carbonyl (C=O) groups is 5. The van der Waals surface area contributed by atoms with Crippen molar-refractivity contribution in [1.29, 1.82) is 0 Å². The fourth-order valence-electron chi connectivity index (χ4n) is 6.03. The molecule has 1 unspecified atom stereocenters. The minimum absolute atomic E-state index is 0.250. The van der Waals surface area contributed by atoms with Crippen molar-refractivity contribution in [2.75, 3.05) is 32.8 Å². The van der Waals surface area contributed by atoms with Gasteiger partial charge in [0.1, 0.15) is 35.7 Å². The molecule has 1 saturated carbocycles. The molecule has 0 bridgehead atoms. The summed E-state index contributed by atoms with van der Waals surface area (Å²) in [6.45, 7) is 13.4. The second-order valence-electron chi connectivity index (χ2n) is 16.6. The van der Waals surface area contributed by atoms with Gasteiger partial charge in [-0.05, 0) is 109 Å². The van der Waals surface area contributed by atoms with Crippen molar-refractivity contribution in [1.82, 2.24) is 20.9 Å². The number of unbranched alkanes of at least 4 members (excludes halogenated alkanes) is 1. The third kappa shape index (κ3) is 19.9.